The molecule has 2 nitrogen and oxygen atoms in total. The molecule has 3 rings (SSSR count). The Labute approximate surface area is 138 Å². The van der Waals surface area contributed by atoms with Gasteiger partial charge in [-0.25, -0.2) is 4.39 Å². The molecule has 114 valence electrons. The maximum absolute atomic E-state index is 14.0. The smallest absolute Gasteiger partial charge is 0.255 e. The topological polar surface area (TPSA) is 20.3 Å². The Balaban J connectivity index is 1.91. The highest BCUT2D eigenvalue weighted by Crippen LogP contribution is 2.32. The van der Waals surface area contributed by atoms with Crippen molar-refractivity contribution in [1.82, 2.24) is 4.90 Å². The Kier molecular flexibility index (Phi) is 4.37. The number of nitrogens with zero attached hydrogens (tertiary/aromatic N) is 1. The first-order chi connectivity index (χ1) is 10.6. The second kappa shape index (κ2) is 6.27. The highest BCUT2D eigenvalue weighted by molar-refractivity contribution is 6.33. The van der Waals surface area contributed by atoms with E-state index in [0.29, 0.717) is 21.2 Å². The van der Waals surface area contributed by atoms with Crippen molar-refractivity contribution in [2.45, 2.75) is 25.4 Å². The maximum atomic E-state index is 14.0. The van der Waals surface area contributed by atoms with E-state index in [4.69, 9.17) is 23.2 Å². The lowest BCUT2D eigenvalue weighted by atomic mass is 10.1. The maximum Gasteiger partial charge on any atom is 0.255 e. The van der Waals surface area contributed by atoms with E-state index in [1.165, 1.54) is 6.07 Å². The summed E-state index contributed by atoms with van der Waals surface area (Å²) in [6.45, 7) is 0.153. The van der Waals surface area contributed by atoms with Gasteiger partial charge in [0.2, 0.25) is 0 Å². The van der Waals surface area contributed by atoms with Crippen LogP contribution in [0.1, 0.15) is 28.8 Å². The van der Waals surface area contributed by atoms with Crippen molar-refractivity contribution >= 4 is 29.1 Å². The van der Waals surface area contributed by atoms with Crippen LogP contribution >= 0.6 is 23.2 Å². The Bertz CT molecular complexity index is 695. The Morgan fingerprint density at radius 3 is 2.41 bits per heavy atom. The summed E-state index contributed by atoms with van der Waals surface area (Å²) < 4.78 is 14.0. The summed E-state index contributed by atoms with van der Waals surface area (Å²) in [6, 6.07) is 11.6. The molecule has 0 saturated heterocycles. The largest absolute Gasteiger partial charge is 0.331 e. The molecule has 22 heavy (non-hydrogen) atoms. The van der Waals surface area contributed by atoms with Gasteiger partial charge in [0, 0.05) is 16.6 Å². The van der Waals surface area contributed by atoms with Gasteiger partial charge < -0.3 is 4.90 Å². The van der Waals surface area contributed by atoms with E-state index in [1.807, 2.05) is 0 Å². The number of hydrogen-bond donors (Lipinski definition) is 0. The lowest BCUT2D eigenvalue weighted by molar-refractivity contribution is 0.0728. The summed E-state index contributed by atoms with van der Waals surface area (Å²) in [5, 5.41) is 0.732. The minimum atomic E-state index is -0.398. The lowest BCUT2D eigenvalue weighted by Crippen LogP contribution is -2.33. The molecule has 0 radical (unpaired) electrons. The number of carbonyl (C=O) groups is 1. The molecule has 1 fully saturated rings. The molecule has 1 amide bonds. The molecule has 1 saturated carbocycles. The third kappa shape index (κ3) is 3.11. The van der Waals surface area contributed by atoms with E-state index >= 15 is 0 Å². The van der Waals surface area contributed by atoms with E-state index in [2.05, 4.69) is 0 Å². The molecule has 0 bridgehead atoms. The molecule has 2 aromatic carbocycles. The Morgan fingerprint density at radius 2 is 1.77 bits per heavy atom. The number of rotatable bonds is 4. The highest BCUT2D eigenvalue weighted by atomic mass is 35.5. The second-order valence-electron chi connectivity index (χ2n) is 5.34. The number of hydrogen-bond acceptors (Lipinski definition) is 1. The third-order valence-electron chi connectivity index (χ3n) is 3.74. The average Bonchev–Trinajstić information content (AvgIpc) is 3.31. The highest BCUT2D eigenvalue weighted by Gasteiger charge is 2.34. The van der Waals surface area contributed by atoms with Crippen LogP contribution in [-0.4, -0.2) is 16.8 Å². The summed E-state index contributed by atoms with van der Waals surface area (Å²) in [4.78, 5) is 14.4. The molecule has 0 unspecified atom stereocenters. The van der Waals surface area contributed by atoms with Crippen molar-refractivity contribution < 1.29 is 9.18 Å². The van der Waals surface area contributed by atoms with Crippen molar-refractivity contribution in [3.63, 3.8) is 0 Å². The molecule has 1 aliphatic carbocycles. The van der Waals surface area contributed by atoms with Gasteiger partial charge in [-0.1, -0.05) is 41.4 Å². The SMILES string of the molecule is O=C(c1ccccc1Cl)N(Cc1c(F)cccc1Cl)C1CC1. The fourth-order valence-corrected chi connectivity index (χ4v) is 2.84. The summed E-state index contributed by atoms with van der Waals surface area (Å²) in [5.74, 6) is -0.586. The van der Waals surface area contributed by atoms with E-state index in [1.54, 1.807) is 41.3 Å². The molecule has 5 heteroatoms. The van der Waals surface area contributed by atoms with Gasteiger partial charge in [0.1, 0.15) is 5.82 Å². The Morgan fingerprint density at radius 1 is 1.09 bits per heavy atom. The van der Waals surface area contributed by atoms with Gasteiger partial charge in [0.05, 0.1) is 17.1 Å². The minimum Gasteiger partial charge on any atom is -0.331 e. The van der Waals surface area contributed by atoms with Crippen LogP contribution in [0.15, 0.2) is 42.5 Å². The zero-order valence-corrected chi connectivity index (χ0v) is 13.2. The summed E-state index contributed by atoms with van der Waals surface area (Å²) >= 11 is 12.2. The van der Waals surface area contributed by atoms with Crippen LogP contribution in [0, 0.1) is 5.82 Å². The number of amides is 1. The van der Waals surface area contributed by atoms with Gasteiger partial charge in [-0.15, -0.1) is 0 Å². The predicted octanol–water partition coefficient (Wildman–Crippen LogP) is 4.94. The Hall–Kier alpha value is -1.58. The fourth-order valence-electron chi connectivity index (χ4n) is 2.40. The molecule has 0 N–H and O–H groups in total. The van der Waals surface area contributed by atoms with Crippen molar-refractivity contribution in [3.05, 3.63) is 69.5 Å². The van der Waals surface area contributed by atoms with Gasteiger partial charge >= 0.3 is 0 Å². The molecule has 0 aromatic heterocycles. The number of carbonyl (C=O) groups excluding carboxylic acids is 1. The van der Waals surface area contributed by atoms with Crippen molar-refractivity contribution in [2.75, 3.05) is 0 Å². The fraction of sp³-hybridized carbons (Fsp3) is 0.235. The molecule has 0 heterocycles. The van der Waals surface area contributed by atoms with Crippen LogP contribution in [0.25, 0.3) is 0 Å². The molecule has 0 spiro atoms. The summed E-state index contributed by atoms with van der Waals surface area (Å²) in [7, 11) is 0. The zero-order valence-electron chi connectivity index (χ0n) is 11.7. The second-order valence-corrected chi connectivity index (χ2v) is 6.16. The van der Waals surface area contributed by atoms with Gasteiger partial charge in [0.25, 0.3) is 5.91 Å². The minimum absolute atomic E-state index is 0.124. The zero-order chi connectivity index (χ0) is 15.7. The van der Waals surface area contributed by atoms with E-state index < -0.39 is 5.82 Å². The van der Waals surface area contributed by atoms with Crippen LogP contribution in [0.2, 0.25) is 10.0 Å². The molecule has 0 aliphatic heterocycles. The van der Waals surface area contributed by atoms with E-state index in [0.717, 1.165) is 12.8 Å². The van der Waals surface area contributed by atoms with Crippen molar-refractivity contribution in [2.24, 2.45) is 0 Å². The van der Waals surface area contributed by atoms with Crippen molar-refractivity contribution in [3.8, 4) is 0 Å². The standard InChI is InChI=1S/C17H14Cl2FNO/c18-14-5-2-1-4-12(14)17(22)21(11-8-9-11)10-13-15(19)6-3-7-16(13)20/h1-7,11H,8-10H2. The van der Waals surface area contributed by atoms with Crippen LogP contribution in [-0.2, 0) is 6.54 Å². The normalized spacial score (nSPS) is 14.0. The van der Waals surface area contributed by atoms with Crippen LogP contribution in [0.5, 0.6) is 0 Å². The first kappa shape index (κ1) is 15.3. The van der Waals surface area contributed by atoms with E-state index in [-0.39, 0.29) is 18.5 Å². The van der Waals surface area contributed by atoms with Gasteiger partial charge in [0.15, 0.2) is 0 Å². The quantitative estimate of drug-likeness (QED) is 0.773. The monoisotopic (exact) mass is 337 g/mol. The number of benzene rings is 2. The van der Waals surface area contributed by atoms with Gasteiger partial charge in [-0.05, 0) is 37.1 Å². The first-order valence-electron chi connectivity index (χ1n) is 7.06. The average molecular weight is 338 g/mol. The lowest BCUT2D eigenvalue weighted by Gasteiger charge is -2.24. The van der Waals surface area contributed by atoms with Gasteiger partial charge in [-0.2, -0.15) is 0 Å². The first-order valence-corrected chi connectivity index (χ1v) is 7.82. The molecule has 0 atom stereocenters. The summed E-state index contributed by atoms with van der Waals surface area (Å²) in [6.07, 6.45) is 1.84. The third-order valence-corrected chi connectivity index (χ3v) is 4.43. The van der Waals surface area contributed by atoms with Crippen LogP contribution in [0.4, 0.5) is 4.39 Å². The molecular weight excluding hydrogens is 324 g/mol. The van der Waals surface area contributed by atoms with Crippen LogP contribution < -0.4 is 0 Å². The predicted molar refractivity (Wildman–Crippen MR) is 85.8 cm³/mol. The van der Waals surface area contributed by atoms with Crippen molar-refractivity contribution in [1.29, 1.82) is 0 Å². The van der Waals surface area contributed by atoms with Crippen LogP contribution in [0.3, 0.4) is 0 Å². The van der Waals surface area contributed by atoms with E-state index in [9.17, 15) is 9.18 Å². The molecule has 2 aromatic rings. The molecule has 1 aliphatic rings. The molecular formula is C17H14Cl2FNO. The summed E-state index contributed by atoms with van der Waals surface area (Å²) in [5.41, 5.74) is 0.778. The van der Waals surface area contributed by atoms with Gasteiger partial charge in [-0.3, -0.25) is 4.79 Å². The number of halogens is 3.